The van der Waals surface area contributed by atoms with Gasteiger partial charge in [-0.1, -0.05) is 44.2 Å². The highest BCUT2D eigenvalue weighted by Crippen LogP contribution is 2.19. The lowest BCUT2D eigenvalue weighted by molar-refractivity contribution is -0.125. The molecule has 134 valence electrons. The fraction of sp³-hybridized carbons (Fsp3) is 0.650. The van der Waals surface area contributed by atoms with E-state index in [-0.39, 0.29) is 17.9 Å². The number of amides is 1. The zero-order valence-corrected chi connectivity index (χ0v) is 15.2. The van der Waals surface area contributed by atoms with E-state index < -0.39 is 0 Å². The third-order valence-electron chi connectivity index (χ3n) is 5.21. The molecular formula is C20H33N3O. The molecule has 1 saturated heterocycles. The van der Waals surface area contributed by atoms with Crippen LogP contribution >= 0.6 is 0 Å². The molecule has 1 aromatic carbocycles. The van der Waals surface area contributed by atoms with Gasteiger partial charge in [0.15, 0.2) is 0 Å². The zero-order valence-electron chi connectivity index (χ0n) is 15.2. The summed E-state index contributed by atoms with van der Waals surface area (Å²) in [5.41, 5.74) is 7.22. The number of nitrogens with zero attached hydrogens (tertiary/aromatic N) is 1. The van der Waals surface area contributed by atoms with Gasteiger partial charge in [-0.25, -0.2) is 0 Å². The highest BCUT2D eigenvalue weighted by atomic mass is 16.1. The minimum atomic E-state index is -0.249. The van der Waals surface area contributed by atoms with Gasteiger partial charge in [-0.15, -0.1) is 0 Å². The SMILES string of the molecule is CC1CCN(CCCCNC(=O)C(C)C(N)c2ccccc2)CC1. The summed E-state index contributed by atoms with van der Waals surface area (Å²) < 4.78 is 0. The lowest BCUT2D eigenvalue weighted by Gasteiger charge is -2.30. The predicted molar refractivity (Wildman–Crippen MR) is 99.6 cm³/mol. The lowest BCUT2D eigenvalue weighted by Crippen LogP contribution is -2.36. The van der Waals surface area contributed by atoms with Crippen LogP contribution in [-0.2, 0) is 4.79 Å². The Morgan fingerprint density at radius 2 is 1.92 bits per heavy atom. The highest BCUT2D eigenvalue weighted by molar-refractivity contribution is 5.79. The number of hydrogen-bond donors (Lipinski definition) is 2. The number of likely N-dealkylation sites (tertiary alicyclic amines) is 1. The van der Waals surface area contributed by atoms with E-state index in [1.54, 1.807) is 0 Å². The predicted octanol–water partition coefficient (Wildman–Crippen LogP) is 2.95. The second kappa shape index (κ2) is 9.80. The molecule has 2 atom stereocenters. The molecule has 0 spiro atoms. The van der Waals surface area contributed by atoms with Crippen molar-refractivity contribution in [1.29, 1.82) is 0 Å². The van der Waals surface area contributed by atoms with Crippen LogP contribution < -0.4 is 11.1 Å². The smallest absolute Gasteiger partial charge is 0.224 e. The average Bonchev–Trinajstić information content (AvgIpc) is 2.62. The van der Waals surface area contributed by atoms with Crippen molar-refractivity contribution in [3.8, 4) is 0 Å². The number of nitrogens with two attached hydrogens (primary N) is 1. The molecule has 0 radical (unpaired) electrons. The summed E-state index contributed by atoms with van der Waals surface area (Å²) in [5, 5.41) is 3.04. The average molecular weight is 332 g/mol. The molecule has 4 heteroatoms. The second-order valence-electron chi connectivity index (χ2n) is 7.25. The van der Waals surface area contributed by atoms with Crippen molar-refractivity contribution in [2.75, 3.05) is 26.2 Å². The zero-order chi connectivity index (χ0) is 17.4. The third-order valence-corrected chi connectivity index (χ3v) is 5.21. The Balaban J connectivity index is 1.60. The molecule has 4 nitrogen and oxygen atoms in total. The molecular weight excluding hydrogens is 298 g/mol. The van der Waals surface area contributed by atoms with Crippen molar-refractivity contribution in [1.82, 2.24) is 10.2 Å². The molecule has 1 amide bonds. The van der Waals surface area contributed by atoms with E-state index in [4.69, 9.17) is 5.73 Å². The molecule has 1 aliphatic heterocycles. The molecule has 0 aromatic heterocycles. The fourth-order valence-electron chi connectivity index (χ4n) is 3.25. The van der Waals surface area contributed by atoms with Crippen molar-refractivity contribution < 1.29 is 4.79 Å². The van der Waals surface area contributed by atoms with E-state index in [1.165, 1.54) is 25.9 Å². The molecule has 0 bridgehead atoms. The minimum Gasteiger partial charge on any atom is -0.356 e. The number of rotatable bonds is 8. The molecule has 2 rings (SSSR count). The Hall–Kier alpha value is -1.39. The van der Waals surface area contributed by atoms with E-state index in [1.807, 2.05) is 37.3 Å². The molecule has 1 heterocycles. The van der Waals surface area contributed by atoms with E-state index in [2.05, 4.69) is 17.1 Å². The Morgan fingerprint density at radius 1 is 1.25 bits per heavy atom. The second-order valence-corrected chi connectivity index (χ2v) is 7.25. The van der Waals surface area contributed by atoms with Crippen LogP contribution in [0.15, 0.2) is 30.3 Å². The normalized spacial score (nSPS) is 19.0. The van der Waals surface area contributed by atoms with Gasteiger partial charge in [0.25, 0.3) is 0 Å². The van der Waals surface area contributed by atoms with Crippen molar-refractivity contribution in [3.05, 3.63) is 35.9 Å². The van der Waals surface area contributed by atoms with Crippen LogP contribution in [0.3, 0.4) is 0 Å². The van der Waals surface area contributed by atoms with Crippen molar-refractivity contribution in [3.63, 3.8) is 0 Å². The van der Waals surface area contributed by atoms with Gasteiger partial charge >= 0.3 is 0 Å². The largest absolute Gasteiger partial charge is 0.356 e. The summed E-state index contributed by atoms with van der Waals surface area (Å²) in [7, 11) is 0. The topological polar surface area (TPSA) is 58.4 Å². The number of piperidine rings is 1. The molecule has 1 aromatic rings. The summed E-state index contributed by atoms with van der Waals surface area (Å²) >= 11 is 0. The third kappa shape index (κ3) is 5.91. The van der Waals surface area contributed by atoms with E-state index >= 15 is 0 Å². The lowest BCUT2D eigenvalue weighted by atomic mass is 9.94. The number of carbonyl (C=O) groups excluding carboxylic acids is 1. The summed E-state index contributed by atoms with van der Waals surface area (Å²) in [6.45, 7) is 8.61. The van der Waals surface area contributed by atoms with Crippen LogP contribution in [-0.4, -0.2) is 37.0 Å². The molecule has 24 heavy (non-hydrogen) atoms. The number of hydrogen-bond acceptors (Lipinski definition) is 3. The molecule has 0 aliphatic carbocycles. The van der Waals surface area contributed by atoms with Crippen LogP contribution in [0.5, 0.6) is 0 Å². The number of nitrogens with one attached hydrogen (secondary N) is 1. The maximum Gasteiger partial charge on any atom is 0.224 e. The Bertz CT molecular complexity index is 483. The standard InChI is InChI=1S/C20H33N3O/c1-16-10-14-23(15-11-16)13-7-6-12-22-20(24)17(2)19(21)18-8-4-3-5-9-18/h3-5,8-9,16-17,19H,6-7,10-15,21H2,1-2H3,(H,22,24). The van der Waals surface area contributed by atoms with Crippen molar-refractivity contribution in [2.24, 2.45) is 17.6 Å². The molecule has 2 unspecified atom stereocenters. The van der Waals surface area contributed by atoms with Crippen molar-refractivity contribution >= 4 is 5.91 Å². The Labute approximate surface area is 146 Å². The van der Waals surface area contributed by atoms with Gasteiger partial charge in [-0.3, -0.25) is 4.79 Å². The van der Waals surface area contributed by atoms with Crippen LogP contribution in [0.25, 0.3) is 0 Å². The first-order valence-corrected chi connectivity index (χ1v) is 9.38. The van der Waals surface area contributed by atoms with Gasteiger partial charge in [0.1, 0.15) is 0 Å². The van der Waals surface area contributed by atoms with Gasteiger partial charge in [0, 0.05) is 12.6 Å². The number of benzene rings is 1. The first-order chi connectivity index (χ1) is 11.6. The first-order valence-electron chi connectivity index (χ1n) is 9.38. The van der Waals surface area contributed by atoms with E-state index in [0.717, 1.165) is 37.4 Å². The van der Waals surface area contributed by atoms with Gasteiger partial charge in [0.2, 0.25) is 5.91 Å². The molecule has 0 saturated carbocycles. The summed E-state index contributed by atoms with van der Waals surface area (Å²) in [6.07, 6.45) is 4.83. The van der Waals surface area contributed by atoms with Crippen molar-refractivity contribution in [2.45, 2.75) is 45.6 Å². The maximum absolute atomic E-state index is 12.3. The van der Waals surface area contributed by atoms with Crippen LogP contribution in [0.1, 0.15) is 51.1 Å². The number of carbonyl (C=O) groups is 1. The van der Waals surface area contributed by atoms with Crippen LogP contribution in [0.4, 0.5) is 0 Å². The molecule has 1 fully saturated rings. The quantitative estimate of drug-likeness (QED) is 0.720. The van der Waals surface area contributed by atoms with Gasteiger partial charge in [0.05, 0.1) is 5.92 Å². The number of unbranched alkanes of at least 4 members (excludes halogenated alkanes) is 1. The first kappa shape index (κ1) is 18.9. The molecule has 1 aliphatic rings. The van der Waals surface area contributed by atoms with E-state index in [9.17, 15) is 4.79 Å². The highest BCUT2D eigenvalue weighted by Gasteiger charge is 2.21. The van der Waals surface area contributed by atoms with E-state index in [0.29, 0.717) is 0 Å². The van der Waals surface area contributed by atoms with Gasteiger partial charge < -0.3 is 16.0 Å². The monoisotopic (exact) mass is 331 g/mol. The summed E-state index contributed by atoms with van der Waals surface area (Å²) in [5.74, 6) is 0.727. The summed E-state index contributed by atoms with van der Waals surface area (Å²) in [6, 6.07) is 9.59. The van der Waals surface area contributed by atoms with Gasteiger partial charge in [-0.2, -0.15) is 0 Å². The summed E-state index contributed by atoms with van der Waals surface area (Å²) in [4.78, 5) is 14.8. The van der Waals surface area contributed by atoms with Gasteiger partial charge in [-0.05, 0) is 56.8 Å². The van der Waals surface area contributed by atoms with Crippen LogP contribution in [0.2, 0.25) is 0 Å². The Morgan fingerprint density at radius 3 is 2.58 bits per heavy atom. The Kier molecular flexibility index (Phi) is 7.73. The minimum absolute atomic E-state index is 0.0538. The fourth-order valence-corrected chi connectivity index (χ4v) is 3.25. The maximum atomic E-state index is 12.3. The molecule has 3 N–H and O–H groups in total. The van der Waals surface area contributed by atoms with Crippen LogP contribution in [0, 0.1) is 11.8 Å².